The van der Waals surface area contributed by atoms with E-state index in [2.05, 4.69) is 21.2 Å². The van der Waals surface area contributed by atoms with Crippen LogP contribution in [0.5, 0.6) is 0 Å². The molecule has 0 aromatic heterocycles. The fraction of sp³-hybridized carbons (Fsp3) is 0.429. The van der Waals surface area contributed by atoms with Crippen LogP contribution in [0.25, 0.3) is 0 Å². The van der Waals surface area contributed by atoms with E-state index >= 15 is 0 Å². The summed E-state index contributed by atoms with van der Waals surface area (Å²) in [5.74, 6) is -1.79. The van der Waals surface area contributed by atoms with Gasteiger partial charge in [0.2, 0.25) is 5.91 Å². The highest BCUT2D eigenvalue weighted by Gasteiger charge is 2.37. The molecule has 0 saturated carbocycles. The minimum Gasteiger partial charge on any atom is -0.481 e. The fourth-order valence-corrected chi connectivity index (χ4v) is 2.34. The smallest absolute Gasteiger partial charge is 0.310 e. The van der Waals surface area contributed by atoms with E-state index in [1.54, 1.807) is 13.8 Å². The van der Waals surface area contributed by atoms with E-state index in [9.17, 15) is 19.1 Å². The molecule has 0 aliphatic heterocycles. The molecule has 0 heterocycles. The summed E-state index contributed by atoms with van der Waals surface area (Å²) in [7, 11) is 0. The molecule has 0 saturated heterocycles. The number of hydrogen-bond acceptors (Lipinski definition) is 2. The van der Waals surface area contributed by atoms with Gasteiger partial charge >= 0.3 is 5.97 Å². The van der Waals surface area contributed by atoms with Crippen LogP contribution < -0.4 is 5.32 Å². The van der Waals surface area contributed by atoms with Crippen LogP contribution in [0.4, 0.5) is 10.1 Å². The average Bonchev–Trinajstić information content (AvgIpc) is 2.40. The lowest BCUT2D eigenvalue weighted by atomic mass is 9.79. The second kappa shape index (κ2) is 6.83. The van der Waals surface area contributed by atoms with Crippen LogP contribution in [0.1, 0.15) is 33.1 Å². The number of halogens is 2. The summed E-state index contributed by atoms with van der Waals surface area (Å²) >= 11 is 3.03. The quantitative estimate of drug-likeness (QED) is 0.823. The van der Waals surface area contributed by atoms with Crippen molar-refractivity contribution in [3.05, 3.63) is 28.5 Å². The normalized spacial score (nSPS) is 11.2. The van der Waals surface area contributed by atoms with Crippen LogP contribution >= 0.6 is 15.9 Å². The molecule has 0 bridgehead atoms. The highest BCUT2D eigenvalue weighted by Crippen LogP contribution is 2.31. The number of carboxylic acid groups (broad SMARTS) is 1. The van der Waals surface area contributed by atoms with Gasteiger partial charge in [0.25, 0.3) is 0 Å². The number of nitrogens with one attached hydrogen (secondary N) is 1. The van der Waals surface area contributed by atoms with Crippen molar-refractivity contribution < 1.29 is 19.1 Å². The van der Waals surface area contributed by atoms with E-state index in [1.165, 1.54) is 18.2 Å². The first-order valence-electron chi connectivity index (χ1n) is 6.33. The van der Waals surface area contributed by atoms with Crippen molar-refractivity contribution in [2.75, 3.05) is 5.32 Å². The van der Waals surface area contributed by atoms with Gasteiger partial charge in [0.05, 0.1) is 9.89 Å². The number of benzene rings is 1. The van der Waals surface area contributed by atoms with Crippen LogP contribution in [0.2, 0.25) is 0 Å². The molecule has 4 nitrogen and oxygen atoms in total. The second-order valence-electron chi connectivity index (χ2n) is 4.65. The predicted molar refractivity (Wildman–Crippen MR) is 78.0 cm³/mol. The fourth-order valence-electron chi connectivity index (χ4n) is 1.96. The third-order valence-corrected chi connectivity index (χ3v) is 4.12. The monoisotopic (exact) mass is 345 g/mol. The first-order chi connectivity index (χ1) is 9.34. The first kappa shape index (κ1) is 16.6. The predicted octanol–water partition coefficient (Wildman–Crippen LogP) is 3.81. The molecule has 1 rings (SSSR count). The Hall–Kier alpha value is -1.43. The minimum absolute atomic E-state index is 0.107. The molecule has 0 aliphatic carbocycles. The maximum Gasteiger partial charge on any atom is 0.310 e. The van der Waals surface area contributed by atoms with E-state index < -0.39 is 23.1 Å². The highest BCUT2D eigenvalue weighted by atomic mass is 79.9. The number of carboxylic acids is 1. The largest absolute Gasteiger partial charge is 0.481 e. The minimum atomic E-state index is -1.05. The Balaban J connectivity index is 2.80. The zero-order valence-electron chi connectivity index (χ0n) is 11.4. The number of aliphatic carboxylic acids is 1. The molecule has 1 aromatic rings. The standard InChI is InChI=1S/C14H17BrFNO3/c1-3-14(4-2,13(19)20)8-12(18)17-9-5-6-11(16)10(15)7-9/h5-7H,3-4,8H2,1-2H3,(H,17,18)(H,19,20). The number of carbonyl (C=O) groups excluding carboxylic acids is 1. The van der Waals surface area contributed by atoms with E-state index in [4.69, 9.17) is 0 Å². The second-order valence-corrected chi connectivity index (χ2v) is 5.50. The van der Waals surface area contributed by atoms with Crippen molar-refractivity contribution in [2.45, 2.75) is 33.1 Å². The van der Waals surface area contributed by atoms with Gasteiger partial charge in [0.15, 0.2) is 0 Å². The van der Waals surface area contributed by atoms with Crippen LogP contribution in [0, 0.1) is 11.2 Å². The number of amides is 1. The van der Waals surface area contributed by atoms with E-state index in [0.717, 1.165) is 0 Å². The highest BCUT2D eigenvalue weighted by molar-refractivity contribution is 9.10. The Morgan fingerprint density at radius 2 is 1.95 bits per heavy atom. The summed E-state index contributed by atoms with van der Waals surface area (Å²) in [4.78, 5) is 23.3. The van der Waals surface area contributed by atoms with Gasteiger partial charge in [-0.2, -0.15) is 0 Å². The lowest BCUT2D eigenvalue weighted by molar-refractivity contribution is -0.151. The van der Waals surface area contributed by atoms with Gasteiger partial charge < -0.3 is 10.4 Å². The van der Waals surface area contributed by atoms with Crippen molar-refractivity contribution >= 4 is 33.5 Å². The van der Waals surface area contributed by atoms with Crippen molar-refractivity contribution in [3.8, 4) is 0 Å². The molecule has 110 valence electrons. The Morgan fingerprint density at radius 1 is 1.35 bits per heavy atom. The van der Waals surface area contributed by atoms with Crippen molar-refractivity contribution in [1.29, 1.82) is 0 Å². The Bertz CT molecular complexity index is 515. The lowest BCUT2D eigenvalue weighted by Crippen LogP contribution is -2.34. The van der Waals surface area contributed by atoms with Crippen molar-refractivity contribution in [3.63, 3.8) is 0 Å². The maximum atomic E-state index is 13.1. The van der Waals surface area contributed by atoms with E-state index in [-0.39, 0.29) is 10.9 Å². The SMILES string of the molecule is CCC(CC)(CC(=O)Nc1ccc(F)c(Br)c1)C(=O)O. The van der Waals surface area contributed by atoms with Gasteiger partial charge in [0, 0.05) is 12.1 Å². The molecule has 1 aromatic carbocycles. The van der Waals surface area contributed by atoms with Gasteiger partial charge in [-0.25, -0.2) is 4.39 Å². The molecule has 0 spiro atoms. The molecule has 0 atom stereocenters. The third kappa shape index (κ3) is 3.79. The molecule has 6 heteroatoms. The summed E-state index contributed by atoms with van der Waals surface area (Å²) in [5.41, 5.74) is -0.629. The molecular weight excluding hydrogens is 329 g/mol. The van der Waals surface area contributed by atoms with Crippen LogP contribution in [-0.4, -0.2) is 17.0 Å². The number of hydrogen-bond donors (Lipinski definition) is 2. The zero-order valence-corrected chi connectivity index (χ0v) is 13.0. The van der Waals surface area contributed by atoms with E-state index in [0.29, 0.717) is 18.5 Å². The summed E-state index contributed by atoms with van der Waals surface area (Å²) in [6, 6.07) is 4.09. The van der Waals surface area contributed by atoms with Gasteiger partial charge in [0.1, 0.15) is 5.82 Å². The summed E-state index contributed by atoms with van der Waals surface area (Å²) in [6.45, 7) is 3.50. The molecule has 0 fully saturated rings. The zero-order chi connectivity index (χ0) is 15.3. The lowest BCUT2D eigenvalue weighted by Gasteiger charge is -2.25. The van der Waals surface area contributed by atoms with Gasteiger partial charge in [-0.15, -0.1) is 0 Å². The number of anilines is 1. The maximum absolute atomic E-state index is 13.1. The summed E-state index contributed by atoms with van der Waals surface area (Å²) in [5, 5.41) is 11.9. The van der Waals surface area contributed by atoms with Crippen LogP contribution in [0.15, 0.2) is 22.7 Å². The number of carbonyl (C=O) groups is 2. The van der Waals surface area contributed by atoms with Gasteiger partial charge in [-0.05, 0) is 47.0 Å². The Morgan fingerprint density at radius 3 is 2.40 bits per heavy atom. The average molecular weight is 346 g/mol. The van der Waals surface area contributed by atoms with Gasteiger partial charge in [-0.3, -0.25) is 9.59 Å². The van der Waals surface area contributed by atoms with E-state index in [1.807, 2.05) is 0 Å². The number of rotatable bonds is 6. The Kier molecular flexibility index (Phi) is 5.68. The van der Waals surface area contributed by atoms with Crippen molar-refractivity contribution in [2.24, 2.45) is 5.41 Å². The molecule has 0 radical (unpaired) electrons. The third-order valence-electron chi connectivity index (χ3n) is 3.51. The summed E-state index contributed by atoms with van der Waals surface area (Å²) in [6.07, 6.45) is 0.642. The molecule has 20 heavy (non-hydrogen) atoms. The summed E-state index contributed by atoms with van der Waals surface area (Å²) < 4.78 is 13.3. The molecular formula is C14H17BrFNO3. The first-order valence-corrected chi connectivity index (χ1v) is 7.12. The van der Waals surface area contributed by atoms with Crippen LogP contribution in [0.3, 0.4) is 0 Å². The van der Waals surface area contributed by atoms with Gasteiger partial charge in [-0.1, -0.05) is 13.8 Å². The van der Waals surface area contributed by atoms with Crippen molar-refractivity contribution in [1.82, 2.24) is 0 Å². The topological polar surface area (TPSA) is 66.4 Å². The molecule has 0 unspecified atom stereocenters. The molecule has 1 amide bonds. The molecule has 0 aliphatic rings. The molecule has 2 N–H and O–H groups in total. The Labute approximate surface area is 125 Å². The van der Waals surface area contributed by atoms with Crippen LogP contribution in [-0.2, 0) is 9.59 Å².